The summed E-state index contributed by atoms with van der Waals surface area (Å²) in [5.74, 6) is 0. The van der Waals surface area contributed by atoms with Crippen LogP contribution in [0.3, 0.4) is 0 Å². The van der Waals surface area contributed by atoms with Crippen molar-refractivity contribution in [2.75, 3.05) is 27.4 Å². The van der Waals surface area contributed by atoms with Crippen LogP contribution >= 0.6 is 0 Å². The summed E-state index contributed by atoms with van der Waals surface area (Å²) in [6.45, 7) is 7.73. The van der Waals surface area contributed by atoms with Crippen molar-refractivity contribution in [1.29, 1.82) is 0 Å². The summed E-state index contributed by atoms with van der Waals surface area (Å²) in [6.07, 6.45) is 1.97. The summed E-state index contributed by atoms with van der Waals surface area (Å²) in [6, 6.07) is 8.98. The average molecular weight is 279 g/mol. The minimum Gasteiger partial charge on any atom is -0.379 e. The molecular weight excluding hydrogens is 250 g/mol. The SMILES string of the molecule is CCc1ccc(C(COCCC(C)(C)OC)NC)cc1. The summed E-state index contributed by atoms with van der Waals surface area (Å²) in [5, 5.41) is 3.31. The molecule has 0 radical (unpaired) electrons. The summed E-state index contributed by atoms with van der Waals surface area (Å²) in [5.41, 5.74) is 2.53. The number of nitrogens with one attached hydrogen (secondary N) is 1. The van der Waals surface area contributed by atoms with Crippen LogP contribution in [0.25, 0.3) is 0 Å². The molecule has 0 bridgehead atoms. The monoisotopic (exact) mass is 279 g/mol. The second-order valence-corrected chi connectivity index (χ2v) is 5.73. The summed E-state index contributed by atoms with van der Waals surface area (Å²) >= 11 is 0. The maximum Gasteiger partial charge on any atom is 0.0661 e. The van der Waals surface area contributed by atoms with Crippen molar-refractivity contribution in [2.24, 2.45) is 0 Å². The molecule has 3 nitrogen and oxygen atoms in total. The third-order valence-electron chi connectivity index (χ3n) is 3.82. The second kappa shape index (κ2) is 8.40. The number of benzene rings is 1. The average Bonchev–Trinajstić information content (AvgIpc) is 2.47. The zero-order valence-electron chi connectivity index (χ0n) is 13.5. The molecule has 0 heterocycles. The fourth-order valence-corrected chi connectivity index (χ4v) is 1.95. The summed E-state index contributed by atoms with van der Waals surface area (Å²) in [4.78, 5) is 0. The van der Waals surface area contributed by atoms with Crippen LogP contribution in [0.1, 0.15) is 44.4 Å². The minimum atomic E-state index is -0.113. The van der Waals surface area contributed by atoms with E-state index in [4.69, 9.17) is 9.47 Å². The van der Waals surface area contributed by atoms with E-state index in [9.17, 15) is 0 Å². The lowest BCUT2D eigenvalue weighted by Gasteiger charge is -2.23. The third kappa shape index (κ3) is 5.61. The Hall–Kier alpha value is -0.900. The Morgan fingerprint density at radius 2 is 1.85 bits per heavy atom. The van der Waals surface area contributed by atoms with Crippen LogP contribution in [-0.4, -0.2) is 33.0 Å². The molecule has 1 N–H and O–H groups in total. The van der Waals surface area contributed by atoms with Crippen molar-refractivity contribution < 1.29 is 9.47 Å². The molecule has 0 spiro atoms. The van der Waals surface area contributed by atoms with Crippen molar-refractivity contribution in [3.8, 4) is 0 Å². The number of aryl methyl sites for hydroxylation is 1. The van der Waals surface area contributed by atoms with Gasteiger partial charge in [0.25, 0.3) is 0 Å². The number of likely N-dealkylation sites (N-methyl/N-ethyl adjacent to an activating group) is 1. The van der Waals surface area contributed by atoms with Gasteiger partial charge in [-0.2, -0.15) is 0 Å². The molecule has 0 aromatic heterocycles. The van der Waals surface area contributed by atoms with Crippen molar-refractivity contribution in [2.45, 2.75) is 45.3 Å². The Bertz CT molecular complexity index is 373. The first-order chi connectivity index (χ1) is 9.52. The molecule has 0 aliphatic heterocycles. The Morgan fingerprint density at radius 3 is 2.35 bits per heavy atom. The topological polar surface area (TPSA) is 30.5 Å². The largest absolute Gasteiger partial charge is 0.379 e. The molecule has 1 atom stereocenters. The Labute approximate surface area is 123 Å². The van der Waals surface area contributed by atoms with E-state index >= 15 is 0 Å². The fourth-order valence-electron chi connectivity index (χ4n) is 1.95. The Balaban J connectivity index is 2.42. The standard InChI is InChI=1S/C17H29NO2/c1-6-14-7-9-15(10-8-14)16(18-4)13-20-12-11-17(2,3)19-5/h7-10,16,18H,6,11-13H2,1-5H3. The van der Waals surface area contributed by atoms with Crippen LogP contribution in [0.2, 0.25) is 0 Å². The van der Waals surface area contributed by atoms with Gasteiger partial charge < -0.3 is 14.8 Å². The van der Waals surface area contributed by atoms with E-state index in [1.807, 2.05) is 7.05 Å². The maximum absolute atomic E-state index is 5.79. The summed E-state index contributed by atoms with van der Waals surface area (Å²) < 4.78 is 11.2. The van der Waals surface area contributed by atoms with Gasteiger partial charge in [-0.15, -0.1) is 0 Å². The van der Waals surface area contributed by atoms with Crippen molar-refractivity contribution in [3.05, 3.63) is 35.4 Å². The van der Waals surface area contributed by atoms with Gasteiger partial charge in [-0.05, 0) is 44.9 Å². The molecule has 3 heteroatoms. The molecule has 20 heavy (non-hydrogen) atoms. The van der Waals surface area contributed by atoms with Gasteiger partial charge in [0.1, 0.15) is 0 Å². The van der Waals surface area contributed by atoms with Gasteiger partial charge in [0, 0.05) is 13.7 Å². The lowest BCUT2D eigenvalue weighted by atomic mass is 10.0. The van der Waals surface area contributed by atoms with E-state index in [0.717, 1.165) is 12.8 Å². The van der Waals surface area contributed by atoms with E-state index < -0.39 is 0 Å². The van der Waals surface area contributed by atoms with Gasteiger partial charge in [0.05, 0.1) is 18.2 Å². The van der Waals surface area contributed by atoms with Gasteiger partial charge in [0.15, 0.2) is 0 Å². The van der Waals surface area contributed by atoms with Crippen LogP contribution < -0.4 is 5.32 Å². The first-order valence-corrected chi connectivity index (χ1v) is 7.41. The minimum absolute atomic E-state index is 0.113. The first kappa shape index (κ1) is 17.2. The fraction of sp³-hybridized carbons (Fsp3) is 0.647. The molecule has 0 aliphatic rings. The third-order valence-corrected chi connectivity index (χ3v) is 3.82. The highest BCUT2D eigenvalue weighted by molar-refractivity contribution is 5.25. The molecule has 1 unspecified atom stereocenters. The van der Waals surface area contributed by atoms with Gasteiger partial charge in [0.2, 0.25) is 0 Å². The highest BCUT2D eigenvalue weighted by atomic mass is 16.5. The zero-order valence-corrected chi connectivity index (χ0v) is 13.5. The van der Waals surface area contributed by atoms with Gasteiger partial charge in [-0.1, -0.05) is 31.2 Å². The predicted octanol–water partition coefficient (Wildman–Crippen LogP) is 3.34. The molecule has 1 rings (SSSR count). The van der Waals surface area contributed by atoms with Crippen molar-refractivity contribution in [1.82, 2.24) is 5.32 Å². The van der Waals surface area contributed by atoms with E-state index in [0.29, 0.717) is 13.2 Å². The van der Waals surface area contributed by atoms with E-state index in [1.54, 1.807) is 7.11 Å². The Morgan fingerprint density at radius 1 is 1.20 bits per heavy atom. The van der Waals surface area contributed by atoms with Crippen LogP contribution in [-0.2, 0) is 15.9 Å². The van der Waals surface area contributed by atoms with Gasteiger partial charge >= 0.3 is 0 Å². The lowest BCUT2D eigenvalue weighted by molar-refractivity contribution is -0.0122. The smallest absolute Gasteiger partial charge is 0.0661 e. The van der Waals surface area contributed by atoms with E-state index in [1.165, 1.54) is 11.1 Å². The van der Waals surface area contributed by atoms with Gasteiger partial charge in [-0.3, -0.25) is 0 Å². The molecule has 0 saturated carbocycles. The van der Waals surface area contributed by atoms with E-state index in [-0.39, 0.29) is 11.6 Å². The van der Waals surface area contributed by atoms with Crippen molar-refractivity contribution in [3.63, 3.8) is 0 Å². The highest BCUT2D eigenvalue weighted by Crippen LogP contribution is 2.16. The maximum atomic E-state index is 5.79. The molecular formula is C17H29NO2. The predicted molar refractivity (Wildman–Crippen MR) is 84.1 cm³/mol. The second-order valence-electron chi connectivity index (χ2n) is 5.73. The molecule has 114 valence electrons. The summed E-state index contributed by atoms with van der Waals surface area (Å²) in [7, 11) is 3.71. The molecule has 1 aromatic carbocycles. The normalized spacial score (nSPS) is 13.4. The number of methoxy groups -OCH3 is 1. The van der Waals surface area contributed by atoms with Gasteiger partial charge in [-0.25, -0.2) is 0 Å². The number of hydrogen-bond donors (Lipinski definition) is 1. The van der Waals surface area contributed by atoms with Crippen molar-refractivity contribution >= 4 is 0 Å². The number of rotatable bonds is 9. The molecule has 0 amide bonds. The highest BCUT2D eigenvalue weighted by Gasteiger charge is 2.16. The van der Waals surface area contributed by atoms with Crippen LogP contribution in [0.5, 0.6) is 0 Å². The molecule has 0 fully saturated rings. The first-order valence-electron chi connectivity index (χ1n) is 7.41. The zero-order chi connectivity index (χ0) is 15.0. The Kier molecular flexibility index (Phi) is 7.20. The molecule has 1 aromatic rings. The number of ether oxygens (including phenoxy) is 2. The van der Waals surface area contributed by atoms with E-state index in [2.05, 4.69) is 50.4 Å². The van der Waals surface area contributed by atoms with Crippen LogP contribution in [0, 0.1) is 0 Å². The number of hydrogen-bond acceptors (Lipinski definition) is 3. The quantitative estimate of drug-likeness (QED) is 0.703. The molecule has 0 aliphatic carbocycles. The lowest BCUT2D eigenvalue weighted by Crippen LogP contribution is -2.26. The molecule has 0 saturated heterocycles. The van der Waals surface area contributed by atoms with Crippen LogP contribution in [0.4, 0.5) is 0 Å². The van der Waals surface area contributed by atoms with Crippen LogP contribution in [0.15, 0.2) is 24.3 Å².